The molecule has 0 saturated heterocycles. The number of guanidine groups is 1. The van der Waals surface area contributed by atoms with Gasteiger partial charge in [-0.2, -0.15) is 8.78 Å². The van der Waals surface area contributed by atoms with Crippen molar-refractivity contribution >= 4 is 29.9 Å². The van der Waals surface area contributed by atoms with Crippen molar-refractivity contribution in [3.8, 4) is 11.5 Å². The SMILES string of the molecule is CN=C(NCCCc1c(C)noc1C)NCc1cc(OC)ccc1OC(F)F.I. The third-order valence-electron chi connectivity index (χ3n) is 4.23. The lowest BCUT2D eigenvalue weighted by Crippen LogP contribution is -2.37. The Hall–Kier alpha value is -2.11. The number of alkyl halides is 2. The van der Waals surface area contributed by atoms with Gasteiger partial charge in [0.1, 0.15) is 17.3 Å². The van der Waals surface area contributed by atoms with E-state index in [9.17, 15) is 8.78 Å². The molecule has 162 valence electrons. The van der Waals surface area contributed by atoms with Crippen LogP contribution < -0.4 is 20.1 Å². The highest BCUT2D eigenvalue weighted by atomic mass is 127. The summed E-state index contributed by atoms with van der Waals surface area (Å²) in [5.74, 6) is 2.05. The largest absolute Gasteiger partial charge is 0.497 e. The summed E-state index contributed by atoms with van der Waals surface area (Å²) < 4.78 is 40.1. The molecule has 0 amide bonds. The van der Waals surface area contributed by atoms with E-state index < -0.39 is 6.61 Å². The second kappa shape index (κ2) is 12.5. The van der Waals surface area contributed by atoms with Crippen molar-refractivity contribution in [1.82, 2.24) is 15.8 Å². The first-order chi connectivity index (χ1) is 13.4. The van der Waals surface area contributed by atoms with E-state index in [0.29, 0.717) is 23.8 Å². The van der Waals surface area contributed by atoms with E-state index in [1.54, 1.807) is 19.2 Å². The van der Waals surface area contributed by atoms with Gasteiger partial charge in [0.2, 0.25) is 0 Å². The van der Waals surface area contributed by atoms with Gasteiger partial charge in [-0.05, 0) is 44.9 Å². The Bertz CT molecular complexity index is 780. The van der Waals surface area contributed by atoms with E-state index in [1.165, 1.54) is 13.2 Å². The molecule has 0 spiro atoms. The van der Waals surface area contributed by atoms with Crippen molar-refractivity contribution in [1.29, 1.82) is 0 Å². The number of rotatable bonds is 9. The zero-order valence-electron chi connectivity index (χ0n) is 16.9. The maximum Gasteiger partial charge on any atom is 0.387 e. The van der Waals surface area contributed by atoms with Crippen LogP contribution in [0.5, 0.6) is 11.5 Å². The van der Waals surface area contributed by atoms with Crippen LogP contribution in [0.2, 0.25) is 0 Å². The summed E-state index contributed by atoms with van der Waals surface area (Å²) in [6, 6.07) is 4.68. The molecule has 0 fully saturated rings. The van der Waals surface area contributed by atoms with Gasteiger partial charge in [-0.15, -0.1) is 24.0 Å². The number of aryl methyl sites for hydroxylation is 2. The predicted molar refractivity (Wildman–Crippen MR) is 118 cm³/mol. The smallest absolute Gasteiger partial charge is 0.387 e. The lowest BCUT2D eigenvalue weighted by molar-refractivity contribution is -0.0504. The number of methoxy groups -OCH3 is 1. The monoisotopic (exact) mass is 524 g/mol. The second-order valence-electron chi connectivity index (χ2n) is 6.11. The van der Waals surface area contributed by atoms with E-state index in [4.69, 9.17) is 9.26 Å². The molecule has 1 aromatic heterocycles. The number of halogens is 3. The lowest BCUT2D eigenvalue weighted by Gasteiger charge is -2.15. The second-order valence-corrected chi connectivity index (χ2v) is 6.11. The number of nitrogens with one attached hydrogen (secondary N) is 2. The molecular weight excluding hydrogens is 497 g/mol. The summed E-state index contributed by atoms with van der Waals surface area (Å²) in [6.07, 6.45) is 1.70. The fourth-order valence-electron chi connectivity index (χ4n) is 2.76. The van der Waals surface area contributed by atoms with Gasteiger partial charge in [0.15, 0.2) is 5.96 Å². The van der Waals surface area contributed by atoms with E-state index in [2.05, 4.69) is 25.5 Å². The average molecular weight is 524 g/mol. The summed E-state index contributed by atoms with van der Waals surface area (Å²) in [7, 11) is 3.16. The van der Waals surface area contributed by atoms with Gasteiger partial charge in [-0.25, -0.2) is 0 Å². The quantitative estimate of drug-likeness (QED) is 0.225. The zero-order valence-corrected chi connectivity index (χ0v) is 19.3. The molecule has 0 aliphatic rings. The first-order valence-corrected chi connectivity index (χ1v) is 8.92. The molecule has 0 atom stereocenters. The van der Waals surface area contributed by atoms with E-state index in [0.717, 1.165) is 29.9 Å². The molecule has 0 radical (unpaired) electrons. The van der Waals surface area contributed by atoms with Gasteiger partial charge in [-0.1, -0.05) is 5.16 Å². The lowest BCUT2D eigenvalue weighted by atomic mass is 10.1. The van der Waals surface area contributed by atoms with Crippen molar-refractivity contribution in [2.45, 2.75) is 39.8 Å². The third kappa shape index (κ3) is 7.67. The molecule has 7 nitrogen and oxygen atoms in total. The van der Waals surface area contributed by atoms with Gasteiger partial charge >= 0.3 is 6.61 Å². The van der Waals surface area contributed by atoms with E-state index >= 15 is 0 Å². The third-order valence-corrected chi connectivity index (χ3v) is 4.23. The highest BCUT2D eigenvalue weighted by Crippen LogP contribution is 2.25. The van der Waals surface area contributed by atoms with Crippen LogP contribution in [0.25, 0.3) is 0 Å². The molecule has 0 aliphatic carbocycles. The first-order valence-electron chi connectivity index (χ1n) is 8.92. The molecule has 0 aliphatic heterocycles. The fraction of sp³-hybridized carbons (Fsp3) is 0.474. The summed E-state index contributed by atoms with van der Waals surface area (Å²) in [5, 5.41) is 10.2. The molecular formula is C19H27F2IN4O3. The van der Waals surface area contributed by atoms with Crippen LogP contribution in [0.15, 0.2) is 27.7 Å². The number of benzene rings is 1. The standard InChI is InChI=1S/C19H26F2N4O3.HI/c1-12-16(13(2)28-25-12)6-5-9-23-19(22-3)24-11-14-10-15(26-4)7-8-17(14)27-18(20)21;/h7-8,10,18H,5-6,9,11H2,1-4H3,(H2,22,23,24);1H. The molecule has 2 rings (SSSR count). The minimum Gasteiger partial charge on any atom is -0.497 e. The van der Waals surface area contributed by atoms with Crippen LogP contribution in [0.3, 0.4) is 0 Å². The van der Waals surface area contributed by atoms with Crippen LogP contribution in [0, 0.1) is 13.8 Å². The van der Waals surface area contributed by atoms with Crippen molar-refractivity contribution < 1.29 is 22.8 Å². The summed E-state index contributed by atoms with van der Waals surface area (Å²) in [6.45, 7) is 1.86. The van der Waals surface area contributed by atoms with Crippen molar-refractivity contribution in [2.75, 3.05) is 20.7 Å². The van der Waals surface area contributed by atoms with Crippen molar-refractivity contribution in [2.24, 2.45) is 4.99 Å². The molecule has 10 heteroatoms. The minimum absolute atomic E-state index is 0. The van der Waals surface area contributed by atoms with Crippen LogP contribution in [0.1, 0.15) is 29.0 Å². The van der Waals surface area contributed by atoms with E-state index in [1.807, 2.05) is 13.8 Å². The normalized spacial score (nSPS) is 11.2. The molecule has 0 saturated carbocycles. The van der Waals surface area contributed by atoms with Gasteiger partial charge in [0, 0.05) is 31.3 Å². The summed E-state index contributed by atoms with van der Waals surface area (Å²) in [4.78, 5) is 4.15. The van der Waals surface area contributed by atoms with Crippen molar-refractivity contribution in [3.63, 3.8) is 0 Å². The number of ether oxygens (including phenoxy) is 2. The summed E-state index contributed by atoms with van der Waals surface area (Å²) in [5.41, 5.74) is 2.57. The Labute approximate surface area is 186 Å². The fourth-order valence-corrected chi connectivity index (χ4v) is 2.76. The first kappa shape index (κ1) is 24.9. The molecule has 2 N–H and O–H groups in total. The Morgan fingerprint density at radius 2 is 2.03 bits per heavy atom. The zero-order chi connectivity index (χ0) is 20.5. The van der Waals surface area contributed by atoms with Gasteiger partial charge in [0.25, 0.3) is 0 Å². The molecule has 2 aromatic rings. The van der Waals surface area contributed by atoms with Gasteiger partial charge < -0.3 is 24.6 Å². The highest BCUT2D eigenvalue weighted by molar-refractivity contribution is 14.0. The minimum atomic E-state index is -2.89. The number of hydrogen-bond donors (Lipinski definition) is 2. The van der Waals surface area contributed by atoms with Crippen molar-refractivity contribution in [3.05, 3.63) is 40.8 Å². The van der Waals surface area contributed by atoms with Crippen LogP contribution in [-0.2, 0) is 13.0 Å². The maximum absolute atomic E-state index is 12.6. The number of nitrogens with zero attached hydrogens (tertiary/aromatic N) is 2. The number of hydrogen-bond acceptors (Lipinski definition) is 5. The van der Waals surface area contributed by atoms with E-state index in [-0.39, 0.29) is 36.3 Å². The Kier molecular flexibility index (Phi) is 10.7. The Morgan fingerprint density at radius 1 is 1.28 bits per heavy atom. The van der Waals surface area contributed by atoms with Crippen LogP contribution in [0.4, 0.5) is 8.78 Å². The molecule has 0 unspecified atom stereocenters. The molecule has 1 aromatic carbocycles. The summed E-state index contributed by atoms with van der Waals surface area (Å²) >= 11 is 0. The van der Waals surface area contributed by atoms with Gasteiger partial charge in [-0.3, -0.25) is 4.99 Å². The Balaban J connectivity index is 0.00000420. The maximum atomic E-state index is 12.6. The average Bonchev–Trinajstić information content (AvgIpc) is 2.99. The predicted octanol–water partition coefficient (Wildman–Crippen LogP) is 3.82. The Morgan fingerprint density at radius 3 is 2.62 bits per heavy atom. The molecule has 0 bridgehead atoms. The van der Waals surface area contributed by atoms with Crippen LogP contribution in [-0.4, -0.2) is 38.4 Å². The highest BCUT2D eigenvalue weighted by Gasteiger charge is 2.12. The molecule has 1 heterocycles. The number of aliphatic imine (C=N–C) groups is 1. The number of aromatic nitrogens is 1. The van der Waals surface area contributed by atoms with Crippen LogP contribution >= 0.6 is 24.0 Å². The molecule has 29 heavy (non-hydrogen) atoms. The van der Waals surface area contributed by atoms with Gasteiger partial charge in [0.05, 0.1) is 12.8 Å². The topological polar surface area (TPSA) is 80.9 Å².